The van der Waals surface area contributed by atoms with Crippen LogP contribution in [0.1, 0.15) is 41.5 Å². The quantitative estimate of drug-likeness (QED) is 0.302. The Morgan fingerprint density at radius 1 is 0.406 bits per heavy atom. The monoisotopic (exact) mass is 415 g/mol. The number of benzene rings is 4. The summed E-state index contributed by atoms with van der Waals surface area (Å²) in [7, 11) is 0. The lowest BCUT2D eigenvalue weighted by molar-refractivity contribution is 0.578. The normalized spacial score (nSPS) is 13.6. The van der Waals surface area contributed by atoms with Crippen molar-refractivity contribution in [3.63, 3.8) is 0 Å². The Hall–Kier alpha value is -3.58. The highest BCUT2D eigenvalue weighted by Crippen LogP contribution is 2.37. The van der Waals surface area contributed by atoms with Crippen molar-refractivity contribution in [2.45, 2.75) is 19.3 Å². The highest BCUT2D eigenvalue weighted by atomic mass is 15.1. The SMILES string of the molecule is c1ccc(C(=C(c2ccccc2)c2ccc(N3CCCCC3)cc2)c2ccccc2)cc1. The molecule has 1 aliphatic heterocycles. The van der Waals surface area contributed by atoms with E-state index in [1.807, 2.05) is 0 Å². The molecule has 5 rings (SSSR count). The predicted molar refractivity (Wildman–Crippen MR) is 137 cm³/mol. The molecule has 1 heterocycles. The lowest BCUT2D eigenvalue weighted by Crippen LogP contribution is -2.29. The molecule has 0 amide bonds. The summed E-state index contributed by atoms with van der Waals surface area (Å²) >= 11 is 0. The van der Waals surface area contributed by atoms with Gasteiger partial charge in [-0.15, -0.1) is 0 Å². The van der Waals surface area contributed by atoms with Gasteiger partial charge in [-0.05, 0) is 64.8 Å². The van der Waals surface area contributed by atoms with Gasteiger partial charge >= 0.3 is 0 Å². The van der Waals surface area contributed by atoms with Crippen molar-refractivity contribution in [1.82, 2.24) is 0 Å². The van der Waals surface area contributed by atoms with Gasteiger partial charge < -0.3 is 4.90 Å². The third kappa shape index (κ3) is 4.38. The van der Waals surface area contributed by atoms with Crippen LogP contribution in [0.2, 0.25) is 0 Å². The minimum Gasteiger partial charge on any atom is -0.372 e. The molecular weight excluding hydrogens is 386 g/mol. The molecule has 4 aromatic rings. The molecule has 0 saturated carbocycles. The van der Waals surface area contributed by atoms with E-state index < -0.39 is 0 Å². The third-order valence-electron chi connectivity index (χ3n) is 6.31. The second kappa shape index (κ2) is 9.70. The molecule has 1 heteroatoms. The number of rotatable bonds is 5. The summed E-state index contributed by atoms with van der Waals surface area (Å²) in [6, 6.07) is 41.5. The van der Waals surface area contributed by atoms with Crippen LogP contribution in [0.3, 0.4) is 0 Å². The summed E-state index contributed by atoms with van der Waals surface area (Å²) in [5.41, 5.74) is 8.83. The minimum absolute atomic E-state index is 1.17. The molecule has 0 N–H and O–H groups in total. The Labute approximate surface area is 191 Å². The van der Waals surface area contributed by atoms with Crippen LogP contribution >= 0.6 is 0 Å². The van der Waals surface area contributed by atoms with Gasteiger partial charge in [-0.3, -0.25) is 0 Å². The Kier molecular flexibility index (Phi) is 6.16. The summed E-state index contributed by atoms with van der Waals surface area (Å²) in [4.78, 5) is 2.52. The smallest absolute Gasteiger partial charge is 0.0366 e. The average molecular weight is 416 g/mol. The molecule has 0 spiro atoms. The first kappa shape index (κ1) is 20.3. The van der Waals surface area contributed by atoms with Crippen molar-refractivity contribution in [3.8, 4) is 0 Å². The summed E-state index contributed by atoms with van der Waals surface area (Å²) in [6.07, 6.45) is 3.94. The van der Waals surface area contributed by atoms with Crippen LogP contribution in [0.4, 0.5) is 5.69 Å². The van der Waals surface area contributed by atoms with Crippen LogP contribution in [0.5, 0.6) is 0 Å². The van der Waals surface area contributed by atoms with Gasteiger partial charge in [0.25, 0.3) is 0 Å². The van der Waals surface area contributed by atoms with E-state index in [0.29, 0.717) is 0 Å². The van der Waals surface area contributed by atoms with Crippen molar-refractivity contribution < 1.29 is 0 Å². The predicted octanol–water partition coefficient (Wildman–Crippen LogP) is 7.68. The summed E-state index contributed by atoms with van der Waals surface area (Å²) in [6.45, 7) is 2.33. The molecular formula is C31H29N. The molecule has 0 aliphatic carbocycles. The van der Waals surface area contributed by atoms with E-state index >= 15 is 0 Å². The Morgan fingerprint density at radius 2 is 0.781 bits per heavy atom. The zero-order valence-corrected chi connectivity index (χ0v) is 18.5. The van der Waals surface area contributed by atoms with Gasteiger partial charge in [0.05, 0.1) is 0 Å². The van der Waals surface area contributed by atoms with Crippen molar-refractivity contribution in [3.05, 3.63) is 138 Å². The van der Waals surface area contributed by atoms with E-state index in [-0.39, 0.29) is 0 Å². The van der Waals surface area contributed by atoms with E-state index in [1.54, 1.807) is 0 Å². The maximum atomic E-state index is 2.52. The summed E-state index contributed by atoms with van der Waals surface area (Å²) in [5, 5.41) is 0. The number of anilines is 1. The number of hydrogen-bond donors (Lipinski definition) is 0. The van der Waals surface area contributed by atoms with Crippen molar-refractivity contribution in [2.24, 2.45) is 0 Å². The summed E-state index contributed by atoms with van der Waals surface area (Å²) < 4.78 is 0. The third-order valence-corrected chi connectivity index (χ3v) is 6.31. The maximum Gasteiger partial charge on any atom is 0.0366 e. The second-order valence-electron chi connectivity index (χ2n) is 8.44. The highest BCUT2D eigenvalue weighted by molar-refractivity contribution is 6.04. The fourth-order valence-corrected chi connectivity index (χ4v) is 4.72. The Morgan fingerprint density at radius 3 is 1.19 bits per heavy atom. The van der Waals surface area contributed by atoms with Gasteiger partial charge in [-0.1, -0.05) is 103 Å². The van der Waals surface area contributed by atoms with E-state index in [4.69, 9.17) is 0 Å². The molecule has 1 nitrogen and oxygen atoms in total. The van der Waals surface area contributed by atoms with Gasteiger partial charge in [-0.2, -0.15) is 0 Å². The highest BCUT2D eigenvalue weighted by Gasteiger charge is 2.17. The Balaban J connectivity index is 1.70. The van der Waals surface area contributed by atoms with Crippen molar-refractivity contribution in [2.75, 3.05) is 18.0 Å². The van der Waals surface area contributed by atoms with Crippen molar-refractivity contribution in [1.29, 1.82) is 0 Å². The standard InChI is InChI=1S/C31H29N/c1-5-13-25(14-6-1)30(26-15-7-2-8-16-26)31(27-17-9-3-10-18-27)28-19-21-29(22-20-28)32-23-11-4-12-24-32/h1-3,5-10,13-22H,4,11-12,23-24H2. The fourth-order valence-electron chi connectivity index (χ4n) is 4.72. The van der Waals surface area contributed by atoms with Crippen LogP contribution in [-0.2, 0) is 0 Å². The van der Waals surface area contributed by atoms with E-state index in [9.17, 15) is 0 Å². The largest absolute Gasteiger partial charge is 0.372 e. The van der Waals surface area contributed by atoms with Crippen LogP contribution in [0.25, 0.3) is 11.1 Å². The van der Waals surface area contributed by atoms with Gasteiger partial charge in [0, 0.05) is 18.8 Å². The number of nitrogens with zero attached hydrogens (tertiary/aromatic N) is 1. The zero-order chi connectivity index (χ0) is 21.6. The second-order valence-corrected chi connectivity index (χ2v) is 8.44. The van der Waals surface area contributed by atoms with Gasteiger partial charge in [-0.25, -0.2) is 0 Å². The summed E-state index contributed by atoms with van der Waals surface area (Å²) in [5.74, 6) is 0. The van der Waals surface area contributed by atoms with Gasteiger partial charge in [0.1, 0.15) is 0 Å². The van der Waals surface area contributed by atoms with E-state index in [0.717, 1.165) is 0 Å². The van der Waals surface area contributed by atoms with Crippen LogP contribution < -0.4 is 4.90 Å². The molecule has 0 unspecified atom stereocenters. The number of piperidine rings is 1. The molecule has 158 valence electrons. The van der Waals surface area contributed by atoms with Gasteiger partial charge in [0.2, 0.25) is 0 Å². The molecule has 1 aliphatic rings. The molecule has 0 radical (unpaired) electrons. The zero-order valence-electron chi connectivity index (χ0n) is 18.5. The first-order valence-corrected chi connectivity index (χ1v) is 11.7. The van der Waals surface area contributed by atoms with Crippen LogP contribution in [-0.4, -0.2) is 13.1 Å². The topological polar surface area (TPSA) is 3.24 Å². The first-order valence-electron chi connectivity index (χ1n) is 11.7. The average Bonchev–Trinajstić information content (AvgIpc) is 2.89. The Bertz CT molecular complexity index is 1110. The molecule has 1 saturated heterocycles. The van der Waals surface area contributed by atoms with Crippen LogP contribution in [0.15, 0.2) is 115 Å². The van der Waals surface area contributed by atoms with E-state index in [2.05, 4.69) is 120 Å². The molecule has 0 atom stereocenters. The molecule has 1 fully saturated rings. The molecule has 4 aromatic carbocycles. The molecule has 32 heavy (non-hydrogen) atoms. The maximum absolute atomic E-state index is 2.52. The minimum atomic E-state index is 1.17. The lowest BCUT2D eigenvalue weighted by atomic mass is 9.86. The fraction of sp³-hybridized carbons (Fsp3) is 0.161. The lowest BCUT2D eigenvalue weighted by Gasteiger charge is -2.29. The molecule has 0 aromatic heterocycles. The van der Waals surface area contributed by atoms with Crippen LogP contribution in [0, 0.1) is 0 Å². The van der Waals surface area contributed by atoms with Crippen molar-refractivity contribution >= 4 is 16.8 Å². The first-order chi connectivity index (χ1) is 15.9. The van der Waals surface area contributed by atoms with E-state index in [1.165, 1.54) is 71.4 Å². The molecule has 0 bridgehead atoms. The number of hydrogen-bond acceptors (Lipinski definition) is 1. The van der Waals surface area contributed by atoms with Gasteiger partial charge in [0.15, 0.2) is 0 Å².